The van der Waals surface area contributed by atoms with Gasteiger partial charge in [-0.15, -0.1) is 0 Å². The van der Waals surface area contributed by atoms with Crippen LogP contribution < -0.4 is 0 Å². The molecule has 4 aliphatic carbocycles. The minimum atomic E-state index is -0.316. The topological polar surface area (TPSA) is 80.9 Å². The van der Waals surface area contributed by atoms with Crippen LogP contribution in [0.1, 0.15) is 65.2 Å². The number of aliphatic hydroxyl groups is 4. The maximum atomic E-state index is 11.3. The van der Waals surface area contributed by atoms with E-state index in [2.05, 4.69) is 13.8 Å². The molecular weight excluding hydrogens is 328 g/mol. The Morgan fingerprint density at radius 3 is 2.50 bits per heavy atom. The standard InChI is InChI=1S/C22H36O4/c1-21-8-7-15(25)9-14(21)3-4-16-18-6-5-17(13(11-23)12-24)22(18,2)10-19(26)20(16)21/h11,14-20,23-26H,3-10,12H2,1-2H3/t14-,15-,16+,17-,18+,19+,20-,21+,22-/m1/s1. The van der Waals surface area contributed by atoms with Gasteiger partial charge in [0.15, 0.2) is 0 Å². The van der Waals surface area contributed by atoms with Crippen molar-refractivity contribution in [1.82, 2.24) is 0 Å². The largest absolute Gasteiger partial charge is 0.516 e. The molecule has 0 spiro atoms. The van der Waals surface area contributed by atoms with E-state index in [9.17, 15) is 20.4 Å². The number of hydrogen-bond donors (Lipinski definition) is 4. The molecule has 0 saturated heterocycles. The van der Waals surface area contributed by atoms with E-state index in [-0.39, 0.29) is 35.6 Å². The molecular formula is C22H36O4. The second kappa shape index (κ2) is 6.49. The van der Waals surface area contributed by atoms with Crippen LogP contribution >= 0.6 is 0 Å². The summed E-state index contributed by atoms with van der Waals surface area (Å²) in [6, 6.07) is 0. The molecule has 4 nitrogen and oxygen atoms in total. The van der Waals surface area contributed by atoms with Crippen LogP contribution in [-0.4, -0.2) is 39.2 Å². The minimum Gasteiger partial charge on any atom is -0.516 e. The SMILES string of the molecule is C[C@]12CC[C@@H](O)C[C@H]1CC[C@@H]1[C@@H]2[C@@H](O)C[C@]2(C)[C@@H](C(=CO)CO)CC[C@@H]12. The summed E-state index contributed by atoms with van der Waals surface area (Å²) < 4.78 is 0. The van der Waals surface area contributed by atoms with Gasteiger partial charge in [-0.05, 0) is 97.4 Å². The zero-order chi connectivity index (χ0) is 18.7. The van der Waals surface area contributed by atoms with Gasteiger partial charge in [-0.3, -0.25) is 0 Å². The highest BCUT2D eigenvalue weighted by molar-refractivity contribution is 5.19. The molecule has 0 amide bonds. The molecule has 9 atom stereocenters. The molecule has 4 heteroatoms. The highest BCUT2D eigenvalue weighted by atomic mass is 16.3. The third-order valence-electron chi connectivity index (χ3n) is 9.36. The Morgan fingerprint density at radius 1 is 1.04 bits per heavy atom. The Bertz CT molecular complexity index is 574. The molecule has 0 aromatic rings. The third-order valence-corrected chi connectivity index (χ3v) is 9.36. The Kier molecular flexibility index (Phi) is 4.69. The maximum Gasteiger partial charge on any atom is 0.0809 e. The number of aliphatic hydroxyl groups excluding tert-OH is 4. The fourth-order valence-corrected chi connectivity index (χ4v) is 8.21. The Hall–Kier alpha value is -0.580. The van der Waals surface area contributed by atoms with Gasteiger partial charge in [-0.25, -0.2) is 0 Å². The summed E-state index contributed by atoms with van der Waals surface area (Å²) in [5.41, 5.74) is 0.851. The molecule has 4 saturated carbocycles. The van der Waals surface area contributed by atoms with Crippen molar-refractivity contribution in [3.05, 3.63) is 11.8 Å². The lowest BCUT2D eigenvalue weighted by Crippen LogP contribution is -2.59. The van der Waals surface area contributed by atoms with Gasteiger partial charge in [-0.2, -0.15) is 0 Å². The summed E-state index contributed by atoms with van der Waals surface area (Å²) in [5, 5.41) is 40.8. The average Bonchev–Trinajstić information content (AvgIpc) is 2.93. The molecule has 0 aromatic heterocycles. The summed E-state index contributed by atoms with van der Waals surface area (Å²) in [6.07, 6.45) is 8.66. The van der Waals surface area contributed by atoms with Gasteiger partial charge < -0.3 is 20.4 Å². The molecule has 148 valence electrons. The van der Waals surface area contributed by atoms with Crippen molar-refractivity contribution < 1.29 is 20.4 Å². The van der Waals surface area contributed by atoms with E-state index in [0.29, 0.717) is 23.7 Å². The van der Waals surface area contributed by atoms with E-state index in [1.165, 1.54) is 6.42 Å². The summed E-state index contributed by atoms with van der Waals surface area (Å²) in [7, 11) is 0. The molecule has 4 fully saturated rings. The molecule has 0 heterocycles. The fourth-order valence-electron chi connectivity index (χ4n) is 8.21. The molecule has 0 aliphatic heterocycles. The van der Waals surface area contributed by atoms with Crippen molar-refractivity contribution in [2.45, 2.75) is 77.4 Å². The molecule has 4 rings (SSSR count). The predicted molar refractivity (Wildman–Crippen MR) is 100 cm³/mol. The number of fused-ring (bicyclic) bond motifs is 5. The summed E-state index contributed by atoms with van der Waals surface area (Å²) in [4.78, 5) is 0. The first-order chi connectivity index (χ1) is 12.3. The van der Waals surface area contributed by atoms with Crippen LogP contribution in [0.3, 0.4) is 0 Å². The number of hydrogen-bond acceptors (Lipinski definition) is 4. The van der Waals surface area contributed by atoms with Crippen LogP contribution in [0.25, 0.3) is 0 Å². The van der Waals surface area contributed by atoms with Crippen molar-refractivity contribution in [3.63, 3.8) is 0 Å². The van der Waals surface area contributed by atoms with Crippen molar-refractivity contribution in [1.29, 1.82) is 0 Å². The quantitative estimate of drug-likeness (QED) is 0.566. The van der Waals surface area contributed by atoms with Crippen molar-refractivity contribution in [3.8, 4) is 0 Å². The Morgan fingerprint density at radius 2 is 1.81 bits per heavy atom. The van der Waals surface area contributed by atoms with Crippen LogP contribution in [0, 0.1) is 40.4 Å². The van der Waals surface area contributed by atoms with Gasteiger partial charge in [0.1, 0.15) is 0 Å². The zero-order valence-electron chi connectivity index (χ0n) is 16.3. The normalized spacial score (nSPS) is 54.3. The van der Waals surface area contributed by atoms with E-state index in [1.807, 2.05) is 0 Å². The lowest BCUT2D eigenvalue weighted by atomic mass is 9.43. The lowest BCUT2D eigenvalue weighted by molar-refractivity contribution is -0.176. The lowest BCUT2D eigenvalue weighted by Gasteiger charge is -2.62. The zero-order valence-corrected chi connectivity index (χ0v) is 16.3. The second-order valence-electron chi connectivity index (χ2n) is 10.3. The van der Waals surface area contributed by atoms with Crippen molar-refractivity contribution >= 4 is 0 Å². The summed E-state index contributed by atoms with van der Waals surface area (Å²) >= 11 is 0. The van der Waals surface area contributed by atoms with E-state index in [0.717, 1.165) is 56.8 Å². The van der Waals surface area contributed by atoms with E-state index < -0.39 is 0 Å². The third kappa shape index (κ3) is 2.51. The van der Waals surface area contributed by atoms with Crippen LogP contribution in [0.4, 0.5) is 0 Å². The average molecular weight is 365 g/mol. The first kappa shape index (κ1) is 18.8. The molecule has 0 bridgehead atoms. The van der Waals surface area contributed by atoms with Crippen molar-refractivity contribution in [2.24, 2.45) is 40.4 Å². The van der Waals surface area contributed by atoms with Gasteiger partial charge >= 0.3 is 0 Å². The smallest absolute Gasteiger partial charge is 0.0809 e. The van der Waals surface area contributed by atoms with Crippen LogP contribution in [0.2, 0.25) is 0 Å². The molecule has 4 N–H and O–H groups in total. The molecule has 0 aromatic carbocycles. The van der Waals surface area contributed by atoms with Crippen molar-refractivity contribution in [2.75, 3.05) is 6.61 Å². The van der Waals surface area contributed by atoms with Gasteiger partial charge in [0.2, 0.25) is 0 Å². The van der Waals surface area contributed by atoms with E-state index >= 15 is 0 Å². The molecule has 26 heavy (non-hydrogen) atoms. The Labute approximate surface area is 157 Å². The summed E-state index contributed by atoms with van der Waals surface area (Å²) in [5.74, 6) is 2.14. The van der Waals surface area contributed by atoms with Crippen LogP contribution in [-0.2, 0) is 0 Å². The predicted octanol–water partition coefficient (Wildman–Crippen LogP) is 3.41. The van der Waals surface area contributed by atoms with Gasteiger partial charge in [0.25, 0.3) is 0 Å². The summed E-state index contributed by atoms with van der Waals surface area (Å²) in [6.45, 7) is 4.57. The molecule has 0 unspecified atom stereocenters. The van der Waals surface area contributed by atoms with E-state index in [4.69, 9.17) is 0 Å². The second-order valence-corrected chi connectivity index (χ2v) is 10.3. The van der Waals surface area contributed by atoms with E-state index in [1.54, 1.807) is 0 Å². The highest BCUT2D eigenvalue weighted by Crippen LogP contribution is 2.68. The fraction of sp³-hybridized carbons (Fsp3) is 0.909. The molecule has 0 radical (unpaired) electrons. The number of rotatable bonds is 2. The first-order valence-electron chi connectivity index (χ1n) is 10.6. The van der Waals surface area contributed by atoms with Crippen LogP contribution in [0.5, 0.6) is 0 Å². The minimum absolute atomic E-state index is 0.0325. The van der Waals surface area contributed by atoms with Gasteiger partial charge in [0, 0.05) is 0 Å². The monoisotopic (exact) mass is 364 g/mol. The highest BCUT2D eigenvalue weighted by Gasteiger charge is 2.63. The van der Waals surface area contributed by atoms with Gasteiger partial charge in [0.05, 0.1) is 25.1 Å². The van der Waals surface area contributed by atoms with Crippen LogP contribution in [0.15, 0.2) is 11.8 Å². The molecule has 4 aliphatic rings. The first-order valence-corrected chi connectivity index (χ1v) is 10.6. The maximum absolute atomic E-state index is 11.3. The van der Waals surface area contributed by atoms with Gasteiger partial charge in [-0.1, -0.05) is 13.8 Å². The Balaban J connectivity index is 1.65.